The minimum Gasteiger partial charge on any atom is -0.351 e. The van der Waals surface area contributed by atoms with Crippen molar-refractivity contribution in [1.29, 1.82) is 0 Å². The highest BCUT2D eigenvalue weighted by Crippen LogP contribution is 2.27. The normalized spacial score (nSPS) is 23.3. The van der Waals surface area contributed by atoms with Gasteiger partial charge in [-0.05, 0) is 56.8 Å². The smallest absolute Gasteiger partial charge is 0.317 e. The van der Waals surface area contributed by atoms with Gasteiger partial charge in [-0.2, -0.15) is 0 Å². The molecule has 2 aliphatic rings. The van der Waals surface area contributed by atoms with Crippen LogP contribution in [0.2, 0.25) is 0 Å². The largest absolute Gasteiger partial charge is 0.351 e. The van der Waals surface area contributed by atoms with Crippen molar-refractivity contribution in [1.82, 2.24) is 20.4 Å². The second-order valence-corrected chi connectivity index (χ2v) is 8.10. The molecule has 2 atom stereocenters. The van der Waals surface area contributed by atoms with E-state index in [1.165, 1.54) is 19.3 Å². The molecule has 1 aromatic carbocycles. The van der Waals surface area contributed by atoms with E-state index in [1.54, 1.807) is 7.05 Å². The van der Waals surface area contributed by atoms with Crippen LogP contribution in [0.25, 0.3) is 0 Å². The zero-order valence-electron chi connectivity index (χ0n) is 17.2. The summed E-state index contributed by atoms with van der Waals surface area (Å²) in [5.41, 5.74) is 1.85. The van der Waals surface area contributed by atoms with Crippen molar-refractivity contribution in [3.05, 3.63) is 35.4 Å². The van der Waals surface area contributed by atoms with Crippen molar-refractivity contribution in [2.24, 2.45) is 0 Å². The van der Waals surface area contributed by atoms with Crippen molar-refractivity contribution >= 4 is 11.9 Å². The number of rotatable bonds is 5. The van der Waals surface area contributed by atoms with Crippen LogP contribution < -0.4 is 10.6 Å². The van der Waals surface area contributed by atoms with E-state index in [1.807, 2.05) is 23.1 Å². The average Bonchev–Trinajstić information content (AvgIpc) is 2.74. The summed E-state index contributed by atoms with van der Waals surface area (Å²) in [5.74, 6) is 0.276. The molecule has 6 heteroatoms. The molecule has 1 aromatic rings. The van der Waals surface area contributed by atoms with Gasteiger partial charge in [0, 0.05) is 50.7 Å². The van der Waals surface area contributed by atoms with Gasteiger partial charge in [-0.3, -0.25) is 9.69 Å². The third-order valence-corrected chi connectivity index (χ3v) is 6.17. The van der Waals surface area contributed by atoms with E-state index in [4.69, 9.17) is 0 Å². The molecule has 2 N–H and O–H groups in total. The molecule has 0 unspecified atom stereocenters. The van der Waals surface area contributed by atoms with Crippen molar-refractivity contribution in [2.75, 3.05) is 39.8 Å². The molecule has 0 spiro atoms. The lowest BCUT2D eigenvalue weighted by molar-refractivity contribution is 0.0938. The molecular weight excluding hydrogens is 352 g/mol. The maximum atomic E-state index is 12.6. The Morgan fingerprint density at radius 3 is 2.79 bits per heavy atom. The SMILES string of the molecule is CNC(=O)N1CCC[C@@H](c2cccc(C(=O)NCCN3CCCC[C@H]3C)c2)C1. The number of piperidine rings is 2. The summed E-state index contributed by atoms with van der Waals surface area (Å²) >= 11 is 0. The summed E-state index contributed by atoms with van der Waals surface area (Å²) in [5, 5.41) is 5.79. The number of hydrogen-bond acceptors (Lipinski definition) is 3. The minimum atomic E-state index is -0.0226. The molecular formula is C22H34N4O2. The van der Waals surface area contributed by atoms with Gasteiger partial charge in [0.15, 0.2) is 0 Å². The van der Waals surface area contributed by atoms with Gasteiger partial charge in [-0.25, -0.2) is 4.79 Å². The fourth-order valence-corrected chi connectivity index (χ4v) is 4.43. The van der Waals surface area contributed by atoms with Gasteiger partial charge in [0.2, 0.25) is 0 Å². The first kappa shape index (κ1) is 20.6. The van der Waals surface area contributed by atoms with Crippen LogP contribution in [0.1, 0.15) is 60.9 Å². The molecule has 0 aromatic heterocycles. The first-order chi connectivity index (χ1) is 13.6. The summed E-state index contributed by atoms with van der Waals surface area (Å²) in [4.78, 5) is 28.9. The van der Waals surface area contributed by atoms with Gasteiger partial charge >= 0.3 is 6.03 Å². The van der Waals surface area contributed by atoms with Crippen LogP contribution in [0.4, 0.5) is 4.79 Å². The molecule has 0 radical (unpaired) electrons. The molecule has 3 amide bonds. The minimum absolute atomic E-state index is 0.00882. The number of urea groups is 1. The fourth-order valence-electron chi connectivity index (χ4n) is 4.43. The molecule has 2 aliphatic heterocycles. The van der Waals surface area contributed by atoms with Gasteiger partial charge in [-0.15, -0.1) is 0 Å². The number of nitrogens with zero attached hydrogens (tertiary/aromatic N) is 2. The number of likely N-dealkylation sites (tertiary alicyclic amines) is 2. The summed E-state index contributed by atoms with van der Waals surface area (Å²) in [6.45, 7) is 6.51. The molecule has 0 aliphatic carbocycles. The van der Waals surface area contributed by atoms with Crippen molar-refractivity contribution in [2.45, 2.75) is 51.0 Å². The van der Waals surface area contributed by atoms with Crippen LogP contribution >= 0.6 is 0 Å². The summed E-state index contributed by atoms with van der Waals surface area (Å²) in [6.07, 6.45) is 5.86. The molecule has 2 heterocycles. The molecule has 2 saturated heterocycles. The Kier molecular flexibility index (Phi) is 7.31. The predicted molar refractivity (Wildman–Crippen MR) is 112 cm³/mol. The number of carbonyl (C=O) groups excluding carboxylic acids is 2. The lowest BCUT2D eigenvalue weighted by Crippen LogP contribution is -2.43. The standard InChI is InChI=1S/C22H34N4O2/c1-17-7-3-4-12-25(17)14-11-24-21(27)19-9-5-8-18(15-19)20-10-6-13-26(16-20)22(28)23-2/h5,8-9,15,17,20H,3-4,6-7,10-14,16H2,1-2H3,(H,23,28)(H,24,27)/t17-,20-/m1/s1. The summed E-state index contributed by atoms with van der Waals surface area (Å²) in [7, 11) is 1.67. The topological polar surface area (TPSA) is 64.7 Å². The van der Waals surface area contributed by atoms with E-state index in [-0.39, 0.29) is 17.9 Å². The van der Waals surface area contributed by atoms with E-state index in [2.05, 4.69) is 28.5 Å². The monoisotopic (exact) mass is 386 g/mol. The van der Waals surface area contributed by atoms with Crippen LogP contribution in [0.15, 0.2) is 24.3 Å². The highest BCUT2D eigenvalue weighted by Gasteiger charge is 2.24. The number of hydrogen-bond donors (Lipinski definition) is 2. The van der Waals surface area contributed by atoms with Crippen molar-refractivity contribution in [3.8, 4) is 0 Å². The average molecular weight is 387 g/mol. The molecule has 28 heavy (non-hydrogen) atoms. The fraction of sp³-hybridized carbons (Fsp3) is 0.636. The van der Waals surface area contributed by atoms with E-state index < -0.39 is 0 Å². The first-order valence-electron chi connectivity index (χ1n) is 10.7. The number of nitrogens with one attached hydrogen (secondary N) is 2. The lowest BCUT2D eigenvalue weighted by atomic mass is 9.89. The summed E-state index contributed by atoms with van der Waals surface area (Å²) in [6, 6.07) is 8.49. The lowest BCUT2D eigenvalue weighted by Gasteiger charge is -2.33. The maximum absolute atomic E-state index is 12.6. The Hall–Kier alpha value is -2.08. The maximum Gasteiger partial charge on any atom is 0.317 e. The third kappa shape index (κ3) is 5.25. The number of amides is 3. The van der Waals surface area contributed by atoms with Gasteiger partial charge in [-0.1, -0.05) is 18.6 Å². The van der Waals surface area contributed by atoms with Gasteiger partial charge in [0.25, 0.3) is 5.91 Å². The van der Waals surface area contributed by atoms with Gasteiger partial charge < -0.3 is 15.5 Å². The quantitative estimate of drug-likeness (QED) is 0.818. The second kappa shape index (κ2) is 9.92. The number of benzene rings is 1. The van der Waals surface area contributed by atoms with Crippen molar-refractivity contribution < 1.29 is 9.59 Å². The zero-order chi connectivity index (χ0) is 19.9. The predicted octanol–water partition coefficient (Wildman–Crippen LogP) is 2.81. The number of carbonyl (C=O) groups is 2. The van der Waals surface area contributed by atoms with Crippen LogP contribution in [0.3, 0.4) is 0 Å². The van der Waals surface area contributed by atoms with E-state index in [0.717, 1.165) is 38.0 Å². The molecule has 6 nitrogen and oxygen atoms in total. The first-order valence-corrected chi connectivity index (χ1v) is 10.7. The highest BCUT2D eigenvalue weighted by molar-refractivity contribution is 5.94. The Bertz CT molecular complexity index is 678. The van der Waals surface area contributed by atoms with Gasteiger partial charge in [0.05, 0.1) is 0 Å². The Morgan fingerprint density at radius 2 is 2.00 bits per heavy atom. The summed E-state index contributed by atoms with van der Waals surface area (Å²) < 4.78 is 0. The Labute approximate surface area is 168 Å². The van der Waals surface area contributed by atoms with E-state index >= 15 is 0 Å². The van der Waals surface area contributed by atoms with Crippen molar-refractivity contribution in [3.63, 3.8) is 0 Å². The Balaban J connectivity index is 1.55. The van der Waals surface area contributed by atoms with Crippen LogP contribution in [-0.4, -0.2) is 67.6 Å². The van der Waals surface area contributed by atoms with Crippen LogP contribution in [0, 0.1) is 0 Å². The molecule has 3 rings (SSSR count). The zero-order valence-corrected chi connectivity index (χ0v) is 17.2. The molecule has 154 valence electrons. The molecule has 0 saturated carbocycles. The molecule has 0 bridgehead atoms. The Morgan fingerprint density at radius 1 is 1.14 bits per heavy atom. The third-order valence-electron chi connectivity index (χ3n) is 6.17. The second-order valence-electron chi connectivity index (χ2n) is 8.10. The van der Waals surface area contributed by atoms with Crippen LogP contribution in [0.5, 0.6) is 0 Å². The van der Waals surface area contributed by atoms with Crippen LogP contribution in [-0.2, 0) is 0 Å². The molecule has 2 fully saturated rings. The van der Waals surface area contributed by atoms with E-state index in [0.29, 0.717) is 24.7 Å². The van der Waals surface area contributed by atoms with E-state index in [9.17, 15) is 9.59 Å². The van der Waals surface area contributed by atoms with Gasteiger partial charge in [0.1, 0.15) is 0 Å². The highest BCUT2D eigenvalue weighted by atomic mass is 16.2.